The highest BCUT2D eigenvalue weighted by Gasteiger charge is 2.27. The summed E-state index contributed by atoms with van der Waals surface area (Å²) in [5.74, 6) is 0.527. The van der Waals surface area contributed by atoms with Crippen LogP contribution < -0.4 is 25.6 Å². The van der Waals surface area contributed by atoms with E-state index in [9.17, 15) is 14.9 Å². The molecule has 2 aromatic rings. The predicted octanol–water partition coefficient (Wildman–Crippen LogP) is 2.41. The van der Waals surface area contributed by atoms with Crippen LogP contribution in [-0.4, -0.2) is 28.7 Å². The Balaban J connectivity index is 1.54. The van der Waals surface area contributed by atoms with Gasteiger partial charge in [0.1, 0.15) is 6.61 Å². The number of ether oxygens (including phenoxy) is 2. The van der Waals surface area contributed by atoms with Crippen molar-refractivity contribution < 1.29 is 19.2 Å². The summed E-state index contributed by atoms with van der Waals surface area (Å²) in [6.45, 7) is 0.0431. The number of hydrazine groups is 1. The number of hydrogen-bond donors (Lipinski definition) is 3. The Kier molecular flexibility index (Phi) is 5.57. The van der Waals surface area contributed by atoms with Gasteiger partial charge in [0.25, 0.3) is 11.6 Å². The number of nitrogens with one attached hydrogen (secondary N) is 3. The molecule has 0 unspecified atom stereocenters. The second-order valence-electron chi connectivity index (χ2n) is 5.35. The molecule has 140 valence electrons. The first-order valence-electron chi connectivity index (χ1n) is 7.63. The van der Waals surface area contributed by atoms with Crippen molar-refractivity contribution in [2.45, 2.75) is 6.10 Å². The summed E-state index contributed by atoms with van der Waals surface area (Å²) < 4.78 is 11.0. The maximum atomic E-state index is 12.2. The molecule has 0 saturated carbocycles. The fourth-order valence-corrected chi connectivity index (χ4v) is 2.55. The zero-order chi connectivity index (χ0) is 19.4. The highest BCUT2D eigenvalue weighted by atomic mass is 35.5. The number of halogens is 1. The van der Waals surface area contributed by atoms with E-state index in [0.29, 0.717) is 11.5 Å². The van der Waals surface area contributed by atoms with Gasteiger partial charge in [0.2, 0.25) is 6.10 Å². The van der Waals surface area contributed by atoms with Crippen molar-refractivity contribution in [1.82, 2.24) is 10.9 Å². The van der Waals surface area contributed by atoms with Crippen LogP contribution >= 0.6 is 23.8 Å². The van der Waals surface area contributed by atoms with Crippen LogP contribution in [0.3, 0.4) is 0 Å². The number of non-ortho nitro benzene ring substituents is 1. The van der Waals surface area contributed by atoms with Crippen LogP contribution in [0, 0.1) is 10.1 Å². The Labute approximate surface area is 163 Å². The largest absolute Gasteiger partial charge is 0.485 e. The van der Waals surface area contributed by atoms with Crippen molar-refractivity contribution in [2.75, 3.05) is 11.9 Å². The lowest BCUT2D eigenvalue weighted by molar-refractivity contribution is -0.384. The number of amides is 1. The third kappa shape index (κ3) is 4.54. The van der Waals surface area contributed by atoms with Crippen LogP contribution in [0.2, 0.25) is 5.02 Å². The lowest BCUT2D eigenvalue weighted by Gasteiger charge is -2.25. The van der Waals surface area contributed by atoms with Crippen LogP contribution in [0.15, 0.2) is 42.5 Å². The number of nitro groups is 1. The van der Waals surface area contributed by atoms with Gasteiger partial charge in [0.15, 0.2) is 16.6 Å². The predicted molar refractivity (Wildman–Crippen MR) is 102 cm³/mol. The molecule has 1 aliphatic rings. The van der Waals surface area contributed by atoms with Gasteiger partial charge in [0.05, 0.1) is 15.6 Å². The molecule has 0 radical (unpaired) electrons. The summed E-state index contributed by atoms with van der Waals surface area (Å²) in [5.41, 5.74) is 4.94. The van der Waals surface area contributed by atoms with Gasteiger partial charge in [-0.25, -0.2) is 0 Å². The average Bonchev–Trinajstić information content (AvgIpc) is 2.67. The molecule has 1 heterocycles. The number of carbonyl (C=O) groups is 1. The summed E-state index contributed by atoms with van der Waals surface area (Å²) in [5, 5.41) is 13.7. The summed E-state index contributed by atoms with van der Waals surface area (Å²) >= 11 is 11.0. The first-order chi connectivity index (χ1) is 12.9. The molecule has 11 heteroatoms. The molecular weight excluding hydrogens is 396 g/mol. The minimum atomic E-state index is -0.864. The van der Waals surface area contributed by atoms with E-state index in [1.54, 1.807) is 24.3 Å². The zero-order valence-electron chi connectivity index (χ0n) is 13.6. The van der Waals surface area contributed by atoms with Crippen molar-refractivity contribution in [3.05, 3.63) is 57.6 Å². The van der Waals surface area contributed by atoms with E-state index in [0.717, 1.165) is 0 Å². The van der Waals surface area contributed by atoms with Crippen molar-refractivity contribution in [1.29, 1.82) is 0 Å². The van der Waals surface area contributed by atoms with E-state index in [4.69, 9.17) is 33.3 Å². The van der Waals surface area contributed by atoms with Gasteiger partial charge in [0, 0.05) is 12.1 Å². The molecule has 0 fully saturated rings. The molecule has 1 amide bonds. The normalized spacial score (nSPS) is 14.8. The first-order valence-corrected chi connectivity index (χ1v) is 8.42. The maximum Gasteiger partial charge on any atom is 0.283 e. The first kappa shape index (κ1) is 18.7. The van der Waals surface area contributed by atoms with E-state index in [1.165, 1.54) is 18.2 Å². The Hall–Kier alpha value is -3.11. The molecule has 1 atom stereocenters. The Morgan fingerprint density at radius 3 is 2.70 bits per heavy atom. The molecule has 0 bridgehead atoms. The highest BCUT2D eigenvalue weighted by Crippen LogP contribution is 2.30. The number of rotatable bonds is 3. The van der Waals surface area contributed by atoms with E-state index >= 15 is 0 Å². The van der Waals surface area contributed by atoms with Gasteiger partial charge >= 0.3 is 0 Å². The summed E-state index contributed by atoms with van der Waals surface area (Å²) in [7, 11) is 0. The monoisotopic (exact) mass is 408 g/mol. The van der Waals surface area contributed by atoms with Crippen molar-refractivity contribution in [2.24, 2.45) is 0 Å². The molecule has 1 aliphatic heterocycles. The number of carbonyl (C=O) groups excluding carboxylic acids is 1. The Morgan fingerprint density at radius 2 is 1.96 bits per heavy atom. The number of hydrogen-bond acceptors (Lipinski definition) is 6. The minimum absolute atomic E-state index is 0.0112. The second-order valence-corrected chi connectivity index (χ2v) is 6.17. The number of para-hydroxylation sites is 2. The number of nitro benzene ring substituents is 1. The fraction of sp³-hybridized carbons (Fsp3) is 0.125. The Morgan fingerprint density at radius 1 is 1.22 bits per heavy atom. The summed E-state index contributed by atoms with van der Waals surface area (Å²) in [6, 6.07) is 10.9. The van der Waals surface area contributed by atoms with E-state index in [1.807, 2.05) is 0 Å². The van der Waals surface area contributed by atoms with Gasteiger partial charge in [-0.05, 0) is 30.4 Å². The molecule has 0 spiro atoms. The molecule has 0 aliphatic carbocycles. The molecule has 3 rings (SSSR count). The average molecular weight is 409 g/mol. The lowest BCUT2D eigenvalue weighted by atomic mass is 10.2. The number of benzene rings is 2. The number of anilines is 1. The zero-order valence-corrected chi connectivity index (χ0v) is 15.2. The van der Waals surface area contributed by atoms with Crippen LogP contribution in [0.25, 0.3) is 0 Å². The van der Waals surface area contributed by atoms with E-state index in [-0.39, 0.29) is 28.1 Å². The second kappa shape index (κ2) is 8.06. The standard InChI is InChI=1S/C16H13ClN4O5S/c17-10-6-5-9(21(23)24)7-11(10)18-16(27)20-19-15(22)14-8-25-12-3-1-2-4-13(12)26-14/h1-7,14H,8H2,(H,19,22)(H2,18,20,27)/t14-/m1/s1. The van der Waals surface area contributed by atoms with Crippen molar-refractivity contribution in [3.63, 3.8) is 0 Å². The van der Waals surface area contributed by atoms with Gasteiger partial charge in [-0.2, -0.15) is 0 Å². The summed E-state index contributed by atoms with van der Waals surface area (Å²) in [4.78, 5) is 22.5. The molecule has 9 nitrogen and oxygen atoms in total. The maximum absolute atomic E-state index is 12.2. The molecule has 0 aromatic heterocycles. The summed E-state index contributed by atoms with van der Waals surface area (Å²) in [6.07, 6.45) is -0.864. The van der Waals surface area contributed by atoms with Gasteiger partial charge in [-0.15, -0.1) is 0 Å². The Bertz CT molecular complexity index is 910. The fourth-order valence-electron chi connectivity index (χ4n) is 2.22. The van der Waals surface area contributed by atoms with Crippen LogP contribution in [0.4, 0.5) is 11.4 Å². The van der Waals surface area contributed by atoms with E-state index < -0.39 is 16.9 Å². The molecular formula is C16H13ClN4O5S. The van der Waals surface area contributed by atoms with Crippen LogP contribution in [-0.2, 0) is 4.79 Å². The number of thiocarbonyl (C=S) groups is 1. The van der Waals surface area contributed by atoms with Crippen LogP contribution in [0.5, 0.6) is 11.5 Å². The van der Waals surface area contributed by atoms with Gasteiger partial charge in [-0.1, -0.05) is 23.7 Å². The SMILES string of the molecule is O=C(NNC(=S)Nc1cc([N+](=O)[O-])ccc1Cl)[C@H]1COc2ccccc2O1. The minimum Gasteiger partial charge on any atom is -0.485 e. The number of fused-ring (bicyclic) bond motifs is 1. The third-order valence-electron chi connectivity index (χ3n) is 3.51. The number of nitrogens with zero attached hydrogens (tertiary/aromatic N) is 1. The highest BCUT2D eigenvalue weighted by molar-refractivity contribution is 7.80. The lowest BCUT2D eigenvalue weighted by Crippen LogP contribution is -2.51. The molecule has 0 saturated heterocycles. The van der Waals surface area contributed by atoms with Gasteiger partial charge < -0.3 is 14.8 Å². The topological polar surface area (TPSA) is 115 Å². The van der Waals surface area contributed by atoms with E-state index in [2.05, 4.69) is 16.2 Å². The smallest absolute Gasteiger partial charge is 0.283 e. The van der Waals surface area contributed by atoms with Gasteiger partial charge in [-0.3, -0.25) is 25.8 Å². The molecule has 3 N–H and O–H groups in total. The molecule has 2 aromatic carbocycles. The van der Waals surface area contributed by atoms with Crippen molar-refractivity contribution in [3.8, 4) is 11.5 Å². The molecule has 27 heavy (non-hydrogen) atoms. The quantitative estimate of drug-likeness (QED) is 0.403. The van der Waals surface area contributed by atoms with Crippen molar-refractivity contribution >= 4 is 46.2 Å². The van der Waals surface area contributed by atoms with Crippen LogP contribution in [0.1, 0.15) is 0 Å². The third-order valence-corrected chi connectivity index (χ3v) is 4.04.